The molecule has 1 aromatic rings. The van der Waals surface area contributed by atoms with Crippen molar-refractivity contribution in [2.45, 2.75) is 0 Å². The van der Waals surface area contributed by atoms with Gasteiger partial charge in [0, 0.05) is 17.2 Å². The third-order valence-corrected chi connectivity index (χ3v) is 2.28. The molecular weight excluding hydrogens is 248 g/mol. The first-order chi connectivity index (χ1) is 8.04. The molecule has 0 radical (unpaired) electrons. The minimum atomic E-state index is -0.791. The number of ketones is 1. The van der Waals surface area contributed by atoms with Crippen LogP contribution in [0.15, 0.2) is 12.1 Å². The number of nitrogens with zero attached hydrogens (tertiary/aromatic N) is 2. The minimum absolute atomic E-state index is 0.0860. The quantitative estimate of drug-likeness (QED) is 0.267. The molecule has 0 heterocycles. The van der Waals surface area contributed by atoms with Gasteiger partial charge in [-0.15, -0.1) is 11.6 Å². The lowest BCUT2D eigenvalue weighted by Crippen LogP contribution is -2.07. The summed E-state index contributed by atoms with van der Waals surface area (Å²) in [6.45, 7) is 0. The Hall–Kier alpha value is -2.26. The molecule has 6 nitrogen and oxygen atoms in total. The molecule has 0 aromatic heterocycles. The highest BCUT2D eigenvalue weighted by molar-refractivity contribution is 6.31. The van der Waals surface area contributed by atoms with E-state index in [-0.39, 0.29) is 22.6 Å². The van der Waals surface area contributed by atoms with E-state index in [0.29, 0.717) is 6.29 Å². The molecule has 1 rings (SSSR count). The number of Topliss-reactive ketones (excluding diaryl/α,β-unsaturated/α-hetero) is 1. The number of carbonyl (C=O) groups is 2. The molecule has 0 fully saturated rings. The van der Waals surface area contributed by atoms with E-state index in [0.717, 1.165) is 12.1 Å². The molecule has 0 aliphatic carbocycles. The Bertz CT molecular complexity index is 548. The van der Waals surface area contributed by atoms with Crippen LogP contribution >= 0.6 is 11.6 Å². The van der Waals surface area contributed by atoms with Crippen LogP contribution in [0.4, 0.5) is 5.69 Å². The Morgan fingerprint density at radius 1 is 1.59 bits per heavy atom. The number of aldehydes is 1. The predicted octanol–water partition coefficient (Wildman–Crippen LogP) is 1.70. The van der Waals surface area contributed by atoms with Gasteiger partial charge in [-0.05, 0) is 6.07 Å². The third kappa shape index (κ3) is 2.46. The average Bonchev–Trinajstić information content (AvgIpc) is 2.35. The molecule has 17 heavy (non-hydrogen) atoms. The molecule has 0 saturated heterocycles. The number of carbonyl (C=O) groups excluding carboxylic acids is 2. The van der Waals surface area contributed by atoms with Crippen molar-refractivity contribution in [1.29, 1.82) is 5.26 Å². The molecule has 0 aliphatic rings. The largest absolute Gasteiger partial charge is 0.298 e. The molecule has 0 saturated carbocycles. The summed E-state index contributed by atoms with van der Waals surface area (Å²) in [6, 6.07) is 3.50. The van der Waals surface area contributed by atoms with Crippen LogP contribution in [-0.4, -0.2) is 22.9 Å². The molecule has 0 bridgehead atoms. The fraction of sp³-hybridized carbons (Fsp3) is 0.100. The standard InChI is InChI=1S/C10H5ClN2O4/c11-3-10(15)8-1-6(4-12)9(13(16)17)2-7(8)5-14/h1-2,5H,3H2. The first-order valence-electron chi connectivity index (χ1n) is 4.32. The Balaban J connectivity index is 3.55. The molecule has 7 heteroatoms. The summed E-state index contributed by atoms with van der Waals surface area (Å²) in [5.74, 6) is -0.941. The van der Waals surface area contributed by atoms with Crippen LogP contribution in [-0.2, 0) is 0 Å². The van der Waals surface area contributed by atoms with Gasteiger partial charge in [-0.2, -0.15) is 5.26 Å². The van der Waals surface area contributed by atoms with Crippen LogP contribution < -0.4 is 0 Å². The van der Waals surface area contributed by atoms with Gasteiger partial charge in [-0.1, -0.05) is 0 Å². The normalized spacial score (nSPS) is 9.41. The second-order valence-corrected chi connectivity index (χ2v) is 3.27. The number of nitro benzene ring substituents is 1. The Labute approximate surface area is 101 Å². The van der Waals surface area contributed by atoms with Gasteiger partial charge >= 0.3 is 0 Å². The first kappa shape index (κ1) is 12.8. The van der Waals surface area contributed by atoms with Gasteiger partial charge in [0.25, 0.3) is 5.69 Å². The summed E-state index contributed by atoms with van der Waals surface area (Å²) in [7, 11) is 0. The fourth-order valence-electron chi connectivity index (χ4n) is 1.26. The van der Waals surface area contributed by atoms with Crippen molar-refractivity contribution < 1.29 is 14.5 Å². The molecule has 0 amide bonds. The minimum Gasteiger partial charge on any atom is -0.298 e. The molecule has 0 aliphatic heterocycles. The first-order valence-corrected chi connectivity index (χ1v) is 4.85. The molecule has 0 atom stereocenters. The van der Waals surface area contributed by atoms with E-state index in [1.165, 1.54) is 0 Å². The van der Waals surface area contributed by atoms with E-state index >= 15 is 0 Å². The van der Waals surface area contributed by atoms with E-state index in [9.17, 15) is 19.7 Å². The van der Waals surface area contributed by atoms with E-state index in [4.69, 9.17) is 16.9 Å². The van der Waals surface area contributed by atoms with Gasteiger partial charge in [-0.3, -0.25) is 19.7 Å². The summed E-state index contributed by atoms with van der Waals surface area (Å²) >= 11 is 5.33. The monoisotopic (exact) mass is 252 g/mol. The zero-order chi connectivity index (χ0) is 13.0. The summed E-state index contributed by atoms with van der Waals surface area (Å²) in [5.41, 5.74) is -1.03. The van der Waals surface area contributed by atoms with E-state index in [1.54, 1.807) is 6.07 Å². The summed E-state index contributed by atoms with van der Waals surface area (Å²) in [6.07, 6.45) is 0.313. The SMILES string of the molecule is N#Cc1cc(C(=O)CCl)c(C=O)cc1[N+](=O)[O-]. The second-order valence-electron chi connectivity index (χ2n) is 3.00. The van der Waals surface area contributed by atoms with Crippen LogP contribution in [0.5, 0.6) is 0 Å². The second kappa shape index (κ2) is 5.18. The topological polar surface area (TPSA) is 101 Å². The number of benzene rings is 1. The Morgan fingerprint density at radius 3 is 2.65 bits per heavy atom. The van der Waals surface area contributed by atoms with Crippen molar-refractivity contribution in [3.8, 4) is 6.07 Å². The predicted molar refractivity (Wildman–Crippen MR) is 58.2 cm³/mol. The number of halogens is 1. The van der Waals surface area contributed by atoms with Crippen molar-refractivity contribution in [2.75, 3.05) is 5.88 Å². The zero-order valence-electron chi connectivity index (χ0n) is 8.34. The maximum Gasteiger partial charge on any atom is 0.287 e. The van der Waals surface area contributed by atoms with Gasteiger partial charge in [0.05, 0.1) is 10.8 Å². The number of hydrogen-bond acceptors (Lipinski definition) is 5. The lowest BCUT2D eigenvalue weighted by molar-refractivity contribution is -0.385. The Morgan fingerprint density at radius 2 is 2.24 bits per heavy atom. The smallest absolute Gasteiger partial charge is 0.287 e. The fourth-order valence-corrected chi connectivity index (χ4v) is 1.40. The van der Waals surface area contributed by atoms with Crippen molar-refractivity contribution in [3.05, 3.63) is 38.9 Å². The van der Waals surface area contributed by atoms with Crippen LogP contribution in [0.3, 0.4) is 0 Å². The van der Waals surface area contributed by atoms with Crippen LogP contribution in [0.25, 0.3) is 0 Å². The molecule has 0 unspecified atom stereocenters. The maximum atomic E-state index is 11.4. The number of rotatable bonds is 4. The average molecular weight is 253 g/mol. The van der Waals surface area contributed by atoms with Gasteiger partial charge in [-0.25, -0.2) is 0 Å². The molecular formula is C10H5ClN2O4. The van der Waals surface area contributed by atoms with Crippen LogP contribution in [0.2, 0.25) is 0 Å². The van der Waals surface area contributed by atoms with E-state index < -0.39 is 16.4 Å². The highest BCUT2D eigenvalue weighted by Gasteiger charge is 2.20. The van der Waals surface area contributed by atoms with Gasteiger partial charge in [0.2, 0.25) is 0 Å². The highest BCUT2D eigenvalue weighted by atomic mass is 35.5. The van der Waals surface area contributed by atoms with Gasteiger partial charge in [0.1, 0.15) is 11.6 Å². The lowest BCUT2D eigenvalue weighted by Gasteiger charge is -2.03. The maximum absolute atomic E-state index is 11.4. The van der Waals surface area contributed by atoms with Gasteiger partial charge < -0.3 is 0 Å². The van der Waals surface area contributed by atoms with Crippen molar-refractivity contribution in [3.63, 3.8) is 0 Å². The van der Waals surface area contributed by atoms with E-state index in [2.05, 4.69) is 0 Å². The van der Waals surface area contributed by atoms with E-state index in [1.807, 2.05) is 0 Å². The van der Waals surface area contributed by atoms with Crippen molar-refractivity contribution in [2.24, 2.45) is 0 Å². The number of nitro groups is 1. The zero-order valence-corrected chi connectivity index (χ0v) is 9.10. The number of hydrogen-bond donors (Lipinski definition) is 0. The summed E-state index contributed by atoms with van der Waals surface area (Å²) in [4.78, 5) is 31.9. The molecule has 0 spiro atoms. The van der Waals surface area contributed by atoms with Crippen LogP contribution in [0, 0.1) is 21.4 Å². The molecule has 1 aromatic carbocycles. The van der Waals surface area contributed by atoms with Crippen LogP contribution in [0.1, 0.15) is 26.3 Å². The van der Waals surface area contributed by atoms with Crippen molar-refractivity contribution >= 4 is 29.4 Å². The van der Waals surface area contributed by atoms with Gasteiger partial charge in [0.15, 0.2) is 12.1 Å². The number of nitriles is 1. The highest BCUT2D eigenvalue weighted by Crippen LogP contribution is 2.23. The lowest BCUT2D eigenvalue weighted by atomic mass is 10.0. The summed E-state index contributed by atoms with van der Waals surface area (Å²) in [5, 5.41) is 19.3. The summed E-state index contributed by atoms with van der Waals surface area (Å²) < 4.78 is 0. The number of alkyl halides is 1. The molecule has 86 valence electrons. The third-order valence-electron chi connectivity index (χ3n) is 2.03. The molecule has 0 N–H and O–H groups in total. The Kier molecular flexibility index (Phi) is 3.91. The van der Waals surface area contributed by atoms with Crippen molar-refractivity contribution in [1.82, 2.24) is 0 Å².